The quantitative estimate of drug-likeness (QED) is 0.274. The van der Waals surface area contributed by atoms with E-state index in [4.69, 9.17) is 16.0 Å². The minimum Gasteiger partial charge on any atom is -0.409 e. The van der Waals surface area contributed by atoms with Crippen LogP contribution in [0.5, 0.6) is 0 Å². The third-order valence-electron chi connectivity index (χ3n) is 2.13. The van der Waals surface area contributed by atoms with Crippen LogP contribution in [0.25, 0.3) is 0 Å². The molecule has 0 spiro atoms. The molecule has 0 aromatic carbocycles. The number of pyridine rings is 1. The van der Waals surface area contributed by atoms with Crippen LogP contribution in [0.15, 0.2) is 23.5 Å². The average Bonchev–Trinajstić information content (AvgIpc) is 2.28. The smallest absolute Gasteiger partial charge is 0.188 e. The summed E-state index contributed by atoms with van der Waals surface area (Å²) in [7, 11) is 1.90. The van der Waals surface area contributed by atoms with Gasteiger partial charge in [0.25, 0.3) is 0 Å². The summed E-state index contributed by atoms with van der Waals surface area (Å²) in [6.45, 7) is 1.39. The highest BCUT2D eigenvalue weighted by atomic mass is 16.4. The van der Waals surface area contributed by atoms with Crippen molar-refractivity contribution in [2.24, 2.45) is 10.9 Å². The lowest BCUT2D eigenvalue weighted by atomic mass is 10.2. The van der Waals surface area contributed by atoms with E-state index in [0.717, 1.165) is 5.56 Å². The molecule has 0 saturated heterocycles. The van der Waals surface area contributed by atoms with Gasteiger partial charge in [-0.05, 0) is 24.7 Å². The summed E-state index contributed by atoms with van der Waals surface area (Å²) < 4.78 is 0. The van der Waals surface area contributed by atoms with Crippen molar-refractivity contribution in [2.75, 3.05) is 20.2 Å². The standard InChI is InChI=1S/C10H16N4O2/c1-14(4-5-15)7-8-2-3-12-9(6-8)10(11)13-16/h2-3,6,15-16H,4-5,7H2,1H3,(H2,11,13). The topological polar surface area (TPSA) is 95.0 Å². The van der Waals surface area contributed by atoms with Gasteiger partial charge < -0.3 is 16.0 Å². The van der Waals surface area contributed by atoms with E-state index in [1.54, 1.807) is 12.3 Å². The molecule has 1 heterocycles. The van der Waals surface area contributed by atoms with Crippen LogP contribution in [-0.2, 0) is 6.54 Å². The minimum atomic E-state index is -0.00772. The molecular formula is C10H16N4O2. The van der Waals surface area contributed by atoms with Crippen molar-refractivity contribution in [3.63, 3.8) is 0 Å². The zero-order valence-electron chi connectivity index (χ0n) is 9.17. The molecule has 0 saturated carbocycles. The summed E-state index contributed by atoms with van der Waals surface area (Å²) in [5, 5.41) is 20.2. The number of aromatic nitrogens is 1. The Morgan fingerprint density at radius 1 is 1.62 bits per heavy atom. The molecule has 1 rings (SSSR count). The van der Waals surface area contributed by atoms with Crippen molar-refractivity contribution in [3.05, 3.63) is 29.6 Å². The van der Waals surface area contributed by atoms with Gasteiger partial charge in [-0.25, -0.2) is 0 Å². The second-order valence-corrected chi connectivity index (χ2v) is 3.50. The molecule has 1 aromatic rings. The summed E-state index contributed by atoms with van der Waals surface area (Å²) in [5.41, 5.74) is 6.87. The Labute approximate surface area is 94.0 Å². The highest BCUT2D eigenvalue weighted by Crippen LogP contribution is 2.04. The molecule has 6 heteroatoms. The SMILES string of the molecule is CN(CCO)Cc1ccnc(C(N)=NO)c1. The Hall–Kier alpha value is -1.66. The van der Waals surface area contributed by atoms with Crippen LogP contribution in [0.1, 0.15) is 11.3 Å². The van der Waals surface area contributed by atoms with Gasteiger partial charge in [-0.2, -0.15) is 0 Å². The van der Waals surface area contributed by atoms with E-state index < -0.39 is 0 Å². The predicted molar refractivity (Wildman–Crippen MR) is 60.2 cm³/mol. The van der Waals surface area contributed by atoms with Gasteiger partial charge in [0.15, 0.2) is 5.84 Å². The Balaban J connectivity index is 2.75. The molecule has 4 N–H and O–H groups in total. The van der Waals surface area contributed by atoms with Crippen molar-refractivity contribution in [2.45, 2.75) is 6.54 Å². The Kier molecular flexibility index (Phi) is 4.68. The fourth-order valence-electron chi connectivity index (χ4n) is 1.33. The third-order valence-corrected chi connectivity index (χ3v) is 2.13. The number of amidine groups is 1. The molecule has 0 aliphatic rings. The lowest BCUT2D eigenvalue weighted by molar-refractivity contribution is 0.217. The van der Waals surface area contributed by atoms with Gasteiger partial charge in [0.2, 0.25) is 0 Å². The number of rotatable bonds is 5. The molecule has 6 nitrogen and oxygen atoms in total. The molecule has 0 radical (unpaired) electrons. The number of hydrogen-bond acceptors (Lipinski definition) is 5. The first-order valence-corrected chi connectivity index (χ1v) is 4.89. The molecule has 0 amide bonds. The van der Waals surface area contributed by atoms with Crippen LogP contribution < -0.4 is 5.73 Å². The van der Waals surface area contributed by atoms with E-state index in [2.05, 4.69) is 10.1 Å². The first kappa shape index (κ1) is 12.4. The van der Waals surface area contributed by atoms with Crippen LogP contribution in [0.2, 0.25) is 0 Å². The molecule has 0 aliphatic carbocycles. The summed E-state index contributed by atoms with van der Waals surface area (Å²) in [5.74, 6) is -0.00772. The van der Waals surface area contributed by atoms with Crippen LogP contribution in [0, 0.1) is 0 Å². The molecule has 0 bridgehead atoms. The minimum absolute atomic E-state index is 0.00772. The first-order valence-electron chi connectivity index (χ1n) is 4.89. The number of nitrogens with two attached hydrogens (primary N) is 1. The maximum absolute atomic E-state index is 8.77. The molecular weight excluding hydrogens is 208 g/mol. The number of aliphatic hydroxyl groups excluding tert-OH is 1. The van der Waals surface area contributed by atoms with Crippen LogP contribution in [-0.4, -0.2) is 46.2 Å². The molecule has 16 heavy (non-hydrogen) atoms. The monoisotopic (exact) mass is 224 g/mol. The maximum Gasteiger partial charge on any atom is 0.188 e. The summed E-state index contributed by atoms with van der Waals surface area (Å²) >= 11 is 0. The maximum atomic E-state index is 8.77. The van der Waals surface area contributed by atoms with Gasteiger partial charge in [0.05, 0.1) is 6.61 Å². The second-order valence-electron chi connectivity index (χ2n) is 3.50. The average molecular weight is 224 g/mol. The van der Waals surface area contributed by atoms with E-state index >= 15 is 0 Å². The Bertz CT molecular complexity index is 368. The van der Waals surface area contributed by atoms with Gasteiger partial charge in [0.1, 0.15) is 5.69 Å². The van der Waals surface area contributed by atoms with Crippen molar-refractivity contribution in [3.8, 4) is 0 Å². The third kappa shape index (κ3) is 3.48. The fraction of sp³-hybridized carbons (Fsp3) is 0.400. The number of likely N-dealkylation sites (N-methyl/N-ethyl adjacent to an activating group) is 1. The fourth-order valence-corrected chi connectivity index (χ4v) is 1.33. The van der Waals surface area contributed by atoms with Gasteiger partial charge >= 0.3 is 0 Å². The Morgan fingerprint density at radius 2 is 2.38 bits per heavy atom. The van der Waals surface area contributed by atoms with E-state index in [9.17, 15) is 0 Å². The first-order chi connectivity index (χ1) is 7.67. The number of nitrogens with zero attached hydrogens (tertiary/aromatic N) is 3. The van der Waals surface area contributed by atoms with Crippen molar-refractivity contribution in [1.29, 1.82) is 0 Å². The van der Waals surface area contributed by atoms with Gasteiger partial charge in [-0.1, -0.05) is 5.16 Å². The second kappa shape index (κ2) is 6.04. The van der Waals surface area contributed by atoms with E-state index in [1.807, 2.05) is 18.0 Å². The molecule has 1 aromatic heterocycles. The zero-order valence-corrected chi connectivity index (χ0v) is 9.17. The number of aliphatic hydroxyl groups is 1. The lowest BCUT2D eigenvalue weighted by Crippen LogP contribution is -2.22. The highest BCUT2D eigenvalue weighted by Gasteiger charge is 2.04. The zero-order chi connectivity index (χ0) is 12.0. The summed E-state index contributed by atoms with van der Waals surface area (Å²) in [6.07, 6.45) is 1.61. The van der Waals surface area contributed by atoms with Crippen molar-refractivity contribution >= 4 is 5.84 Å². The van der Waals surface area contributed by atoms with E-state index in [0.29, 0.717) is 18.8 Å². The van der Waals surface area contributed by atoms with E-state index in [1.165, 1.54) is 0 Å². The number of hydrogen-bond donors (Lipinski definition) is 3. The van der Waals surface area contributed by atoms with Crippen molar-refractivity contribution in [1.82, 2.24) is 9.88 Å². The predicted octanol–water partition coefficient (Wildman–Crippen LogP) is -0.400. The molecule has 0 fully saturated rings. The summed E-state index contributed by atoms with van der Waals surface area (Å²) in [6, 6.07) is 3.60. The highest BCUT2D eigenvalue weighted by molar-refractivity contribution is 5.95. The van der Waals surface area contributed by atoms with Crippen molar-refractivity contribution < 1.29 is 10.3 Å². The van der Waals surface area contributed by atoms with Crippen LogP contribution in [0.3, 0.4) is 0 Å². The van der Waals surface area contributed by atoms with Gasteiger partial charge in [-0.3, -0.25) is 9.88 Å². The molecule has 0 atom stereocenters. The Morgan fingerprint density at radius 3 is 3.00 bits per heavy atom. The lowest BCUT2D eigenvalue weighted by Gasteiger charge is -2.15. The van der Waals surface area contributed by atoms with Crippen LogP contribution >= 0.6 is 0 Å². The molecule has 0 aliphatic heterocycles. The molecule has 88 valence electrons. The summed E-state index contributed by atoms with van der Waals surface area (Å²) in [4.78, 5) is 5.94. The van der Waals surface area contributed by atoms with E-state index in [-0.39, 0.29) is 12.4 Å². The largest absolute Gasteiger partial charge is 0.409 e. The normalized spacial score (nSPS) is 12.1. The number of oxime groups is 1. The van der Waals surface area contributed by atoms with Crippen LogP contribution in [0.4, 0.5) is 0 Å². The van der Waals surface area contributed by atoms with Gasteiger partial charge in [0, 0.05) is 19.3 Å². The van der Waals surface area contributed by atoms with Gasteiger partial charge in [-0.15, -0.1) is 0 Å². The molecule has 0 unspecified atom stereocenters.